The number of nitrogens with zero attached hydrogens (tertiary/aromatic N) is 1. The summed E-state index contributed by atoms with van der Waals surface area (Å²) in [6.45, 7) is 0. The van der Waals surface area contributed by atoms with E-state index in [0.29, 0.717) is 0 Å². The Kier molecular flexibility index (Phi) is 4.31. The predicted molar refractivity (Wildman–Crippen MR) is 62.4 cm³/mol. The average molecular weight is 223 g/mol. The molecule has 0 saturated carbocycles. The molecule has 1 aromatic rings. The largest absolute Gasteiger partial charge is 0.469 e. The zero-order chi connectivity index (χ0) is 12.1. The maximum atomic E-state index is 11.0. The molecule has 16 heavy (non-hydrogen) atoms. The summed E-state index contributed by atoms with van der Waals surface area (Å²) in [7, 11) is 5.16. The van der Waals surface area contributed by atoms with E-state index >= 15 is 0 Å². The van der Waals surface area contributed by atoms with Gasteiger partial charge in [0, 0.05) is 19.8 Å². The molecule has 0 saturated heterocycles. The van der Waals surface area contributed by atoms with E-state index in [1.54, 1.807) is 6.07 Å². The van der Waals surface area contributed by atoms with Crippen LogP contribution in [0.1, 0.15) is 18.1 Å². The van der Waals surface area contributed by atoms with Gasteiger partial charge in [0.25, 0.3) is 0 Å². The molecule has 88 valence electrons. The number of carbonyl (C=O) groups excluding carboxylic acids is 1. The highest BCUT2D eigenvalue weighted by atomic mass is 16.5. The molecule has 0 radical (unpaired) electrons. The minimum atomic E-state index is -0.813. The van der Waals surface area contributed by atoms with E-state index in [4.69, 9.17) is 0 Å². The van der Waals surface area contributed by atoms with Gasteiger partial charge in [-0.15, -0.1) is 0 Å². The summed E-state index contributed by atoms with van der Waals surface area (Å²) in [5.74, 6) is -0.414. The summed E-state index contributed by atoms with van der Waals surface area (Å²) in [6.07, 6.45) is -0.833. The Hall–Kier alpha value is -1.55. The highest BCUT2D eigenvalue weighted by molar-refractivity contribution is 5.70. The van der Waals surface area contributed by atoms with Gasteiger partial charge in [0.1, 0.15) is 0 Å². The Morgan fingerprint density at radius 2 is 2.19 bits per heavy atom. The number of benzene rings is 1. The molecule has 0 heterocycles. The highest BCUT2D eigenvalue weighted by Crippen LogP contribution is 2.21. The van der Waals surface area contributed by atoms with Gasteiger partial charge in [-0.3, -0.25) is 4.79 Å². The van der Waals surface area contributed by atoms with Crippen molar-refractivity contribution < 1.29 is 14.6 Å². The van der Waals surface area contributed by atoms with Crippen molar-refractivity contribution in [3.8, 4) is 0 Å². The molecule has 0 amide bonds. The fraction of sp³-hybridized carbons (Fsp3) is 0.417. The van der Waals surface area contributed by atoms with Gasteiger partial charge in [-0.05, 0) is 17.7 Å². The van der Waals surface area contributed by atoms with Crippen LogP contribution < -0.4 is 4.90 Å². The highest BCUT2D eigenvalue weighted by Gasteiger charge is 2.13. The molecule has 0 aliphatic carbocycles. The molecule has 1 rings (SSSR count). The van der Waals surface area contributed by atoms with E-state index in [-0.39, 0.29) is 6.42 Å². The fourth-order valence-corrected chi connectivity index (χ4v) is 1.37. The zero-order valence-electron chi connectivity index (χ0n) is 9.80. The lowest BCUT2D eigenvalue weighted by Crippen LogP contribution is -2.11. The number of aliphatic hydroxyl groups is 1. The Morgan fingerprint density at radius 3 is 2.75 bits per heavy atom. The molecule has 1 atom stereocenters. The van der Waals surface area contributed by atoms with Crippen molar-refractivity contribution >= 4 is 11.7 Å². The van der Waals surface area contributed by atoms with E-state index in [1.807, 2.05) is 37.2 Å². The fourth-order valence-electron chi connectivity index (χ4n) is 1.37. The summed E-state index contributed by atoms with van der Waals surface area (Å²) in [4.78, 5) is 13.0. The van der Waals surface area contributed by atoms with E-state index in [1.165, 1.54) is 7.11 Å². The molecule has 0 bridgehead atoms. The summed E-state index contributed by atoms with van der Waals surface area (Å²) in [6, 6.07) is 7.44. The molecule has 0 aliphatic rings. The van der Waals surface area contributed by atoms with Crippen LogP contribution in [0.3, 0.4) is 0 Å². The van der Waals surface area contributed by atoms with Gasteiger partial charge in [-0.1, -0.05) is 12.1 Å². The van der Waals surface area contributed by atoms with Crippen molar-refractivity contribution in [2.75, 3.05) is 26.1 Å². The van der Waals surface area contributed by atoms with Gasteiger partial charge in [0.05, 0.1) is 19.6 Å². The minimum Gasteiger partial charge on any atom is -0.469 e. The third-order valence-corrected chi connectivity index (χ3v) is 2.36. The van der Waals surface area contributed by atoms with E-state index < -0.39 is 12.1 Å². The summed E-state index contributed by atoms with van der Waals surface area (Å²) < 4.78 is 4.51. The van der Waals surface area contributed by atoms with Gasteiger partial charge >= 0.3 is 5.97 Å². The number of esters is 1. The molecular formula is C12H17NO3. The van der Waals surface area contributed by atoms with Crippen LogP contribution in [0.15, 0.2) is 24.3 Å². The first kappa shape index (κ1) is 12.5. The third kappa shape index (κ3) is 3.24. The van der Waals surface area contributed by atoms with Crippen molar-refractivity contribution in [3.63, 3.8) is 0 Å². The molecule has 4 heteroatoms. The van der Waals surface area contributed by atoms with Crippen molar-refractivity contribution in [3.05, 3.63) is 29.8 Å². The second-order valence-electron chi connectivity index (χ2n) is 3.79. The van der Waals surface area contributed by atoms with Gasteiger partial charge in [0.2, 0.25) is 0 Å². The second-order valence-corrected chi connectivity index (χ2v) is 3.79. The average Bonchev–Trinajstić information content (AvgIpc) is 2.28. The van der Waals surface area contributed by atoms with Crippen molar-refractivity contribution in [2.24, 2.45) is 0 Å². The number of hydrogen-bond acceptors (Lipinski definition) is 4. The van der Waals surface area contributed by atoms with Gasteiger partial charge < -0.3 is 14.7 Å². The minimum absolute atomic E-state index is 0.0205. The van der Waals surface area contributed by atoms with E-state index in [0.717, 1.165) is 11.3 Å². The summed E-state index contributed by atoms with van der Waals surface area (Å²) in [5.41, 5.74) is 1.71. The lowest BCUT2D eigenvalue weighted by atomic mass is 10.1. The van der Waals surface area contributed by atoms with Crippen LogP contribution in [0.25, 0.3) is 0 Å². The Labute approximate surface area is 95.5 Å². The summed E-state index contributed by atoms with van der Waals surface area (Å²) >= 11 is 0. The number of rotatable bonds is 4. The standard InChI is InChI=1S/C12H17NO3/c1-13(2)10-6-4-5-9(7-10)11(14)8-12(15)16-3/h4-7,11,14H,8H2,1-3H3/t11-/m1/s1. The Bertz CT molecular complexity index is 363. The third-order valence-electron chi connectivity index (χ3n) is 2.36. The number of hydrogen-bond donors (Lipinski definition) is 1. The predicted octanol–water partition coefficient (Wildman–Crippen LogP) is 1.35. The first-order chi connectivity index (χ1) is 7.54. The summed E-state index contributed by atoms with van der Waals surface area (Å²) in [5, 5.41) is 9.81. The normalized spacial score (nSPS) is 12.0. The molecule has 0 aromatic heterocycles. The van der Waals surface area contributed by atoms with Crippen LogP contribution in [0.2, 0.25) is 0 Å². The SMILES string of the molecule is COC(=O)C[C@@H](O)c1cccc(N(C)C)c1. The van der Waals surface area contributed by atoms with E-state index in [2.05, 4.69) is 4.74 Å². The van der Waals surface area contributed by atoms with Crippen LogP contribution in [0.4, 0.5) is 5.69 Å². The van der Waals surface area contributed by atoms with Crippen molar-refractivity contribution in [1.82, 2.24) is 0 Å². The molecule has 0 unspecified atom stereocenters. The second kappa shape index (κ2) is 5.51. The molecule has 1 N–H and O–H groups in total. The number of anilines is 1. The maximum Gasteiger partial charge on any atom is 0.308 e. The molecule has 4 nitrogen and oxygen atoms in total. The lowest BCUT2D eigenvalue weighted by Gasteiger charge is -2.15. The maximum absolute atomic E-state index is 11.0. The number of ether oxygens (including phenoxy) is 1. The number of aliphatic hydroxyl groups excluding tert-OH is 1. The Morgan fingerprint density at radius 1 is 1.50 bits per heavy atom. The van der Waals surface area contributed by atoms with Crippen LogP contribution in [-0.4, -0.2) is 32.3 Å². The molecule has 0 fully saturated rings. The smallest absolute Gasteiger partial charge is 0.308 e. The quantitative estimate of drug-likeness (QED) is 0.783. The first-order valence-corrected chi connectivity index (χ1v) is 5.06. The van der Waals surface area contributed by atoms with Gasteiger partial charge in [0.15, 0.2) is 0 Å². The topological polar surface area (TPSA) is 49.8 Å². The van der Waals surface area contributed by atoms with E-state index in [9.17, 15) is 9.90 Å². The van der Waals surface area contributed by atoms with Crippen LogP contribution in [0.5, 0.6) is 0 Å². The molecule has 1 aromatic carbocycles. The van der Waals surface area contributed by atoms with Gasteiger partial charge in [-0.25, -0.2) is 0 Å². The molecular weight excluding hydrogens is 206 g/mol. The first-order valence-electron chi connectivity index (χ1n) is 5.06. The van der Waals surface area contributed by atoms with Crippen LogP contribution in [0, 0.1) is 0 Å². The van der Waals surface area contributed by atoms with Crippen LogP contribution in [-0.2, 0) is 9.53 Å². The number of methoxy groups -OCH3 is 1. The number of carbonyl (C=O) groups is 1. The molecule has 0 aliphatic heterocycles. The van der Waals surface area contributed by atoms with Gasteiger partial charge in [-0.2, -0.15) is 0 Å². The monoisotopic (exact) mass is 223 g/mol. The van der Waals surface area contributed by atoms with Crippen molar-refractivity contribution in [2.45, 2.75) is 12.5 Å². The zero-order valence-corrected chi connectivity index (χ0v) is 9.80. The Balaban J connectivity index is 2.79. The lowest BCUT2D eigenvalue weighted by molar-refractivity contribution is -0.142. The van der Waals surface area contributed by atoms with Crippen LogP contribution >= 0.6 is 0 Å². The molecule has 0 spiro atoms. The van der Waals surface area contributed by atoms with Crippen molar-refractivity contribution in [1.29, 1.82) is 0 Å².